The molecule has 2 aromatic carbocycles. The number of rotatable bonds is 34. The molecule has 0 radical (unpaired) electrons. The highest BCUT2D eigenvalue weighted by Crippen LogP contribution is 2.31. The number of nitrogens with zero attached hydrogens (tertiary/aromatic N) is 10. The van der Waals surface area contributed by atoms with Crippen LogP contribution < -0.4 is 31.1 Å². The summed E-state index contributed by atoms with van der Waals surface area (Å²) in [5, 5.41) is 64.3. The molecular weight excluding hydrogens is 925 g/mol. The van der Waals surface area contributed by atoms with E-state index in [1.54, 1.807) is 40.1 Å². The summed E-state index contributed by atoms with van der Waals surface area (Å²) < 4.78 is 40.8. The molecule has 2 aromatic heterocycles. The second-order valence-corrected chi connectivity index (χ2v) is 17.0. The van der Waals surface area contributed by atoms with Gasteiger partial charge in [0.05, 0.1) is 38.5 Å². The quantitative estimate of drug-likeness (QED) is 0.00802. The van der Waals surface area contributed by atoms with Crippen LogP contribution in [0.2, 0.25) is 0 Å². The van der Waals surface area contributed by atoms with E-state index in [-0.39, 0.29) is 99.5 Å². The fraction of sp³-hybridized carbons (Fsp3) is 0.524. The molecule has 4 aromatic rings. The van der Waals surface area contributed by atoms with Crippen molar-refractivity contribution in [3.63, 3.8) is 0 Å². The second kappa shape index (κ2) is 29.7. The average molecular weight is 991 g/mol. The molecule has 0 aliphatic rings. The summed E-state index contributed by atoms with van der Waals surface area (Å²) in [6, 6.07) is 9.27. The van der Waals surface area contributed by atoms with Gasteiger partial charge < -0.3 is 61.3 Å². The number of nitrogens with one attached hydrogen (secondary N) is 4. The van der Waals surface area contributed by atoms with E-state index < -0.39 is 15.0 Å². The number of aliphatic hydroxyl groups excluding tert-OH is 4. The molecule has 0 bridgehead atoms. The highest BCUT2D eigenvalue weighted by molar-refractivity contribution is 7.94. The molecule has 376 valence electrons. The van der Waals surface area contributed by atoms with Crippen LogP contribution in [-0.4, -0.2) is 183 Å². The Bertz CT molecular complexity index is 2250. The zero-order chi connectivity index (χ0) is 49.3. The van der Waals surface area contributed by atoms with Crippen molar-refractivity contribution in [1.82, 2.24) is 39.7 Å². The minimum atomic E-state index is -4.80. The number of aromatic nitrogens is 6. The van der Waals surface area contributed by atoms with Gasteiger partial charge in [-0.05, 0) is 87.5 Å². The Labute approximate surface area is 401 Å². The van der Waals surface area contributed by atoms with E-state index in [9.17, 15) is 33.4 Å². The molecule has 68 heavy (non-hydrogen) atoms. The van der Waals surface area contributed by atoms with Crippen molar-refractivity contribution in [2.24, 2.45) is 0 Å². The van der Waals surface area contributed by atoms with Gasteiger partial charge >= 0.3 is 0 Å². The third-order valence-electron chi connectivity index (χ3n) is 10.4. The SMILES string of the molecule is CCN(CC)CCCNc1nc(Nc2ccc(/C=C/c3ccc(Nc4nc(NCCCN(CC)CC)nc(N(CCO)CCO)n4)cc3S(=O)(=O)O)c(SOOO)c2)nc(N(CCO)CCO)n1. The summed E-state index contributed by atoms with van der Waals surface area (Å²) in [6.45, 7) is 14.7. The fourth-order valence-corrected chi connectivity index (χ4v) is 7.98. The predicted molar refractivity (Wildman–Crippen MR) is 263 cm³/mol. The molecular formula is C42H66N14O10S2. The van der Waals surface area contributed by atoms with Crippen LogP contribution in [-0.2, 0) is 19.5 Å². The third-order valence-corrected chi connectivity index (χ3v) is 11.9. The lowest BCUT2D eigenvalue weighted by Gasteiger charge is -2.22. The molecule has 24 nitrogen and oxygen atoms in total. The molecule has 0 fully saturated rings. The molecule has 0 amide bonds. The van der Waals surface area contributed by atoms with Crippen LogP contribution in [0.15, 0.2) is 46.2 Å². The normalized spacial score (nSPS) is 11.8. The third kappa shape index (κ3) is 18.1. The van der Waals surface area contributed by atoms with Crippen LogP contribution in [0, 0.1) is 0 Å². The van der Waals surface area contributed by atoms with Gasteiger partial charge in [0, 0.05) is 55.5 Å². The standard InChI is InChI=1S/C42H66N14O10S2/c1-5-53(6-2)19-9-17-43-37-47-39(51-41(49-37)55(21-25-57)22-26-58)45-33-15-13-31(35(29-33)67-66-65-61)11-12-32-14-16-34(30-36(32)68(62,63)64)46-40-48-38(44-18-10-20-54(7-3)8-4)50-42(52-40)56(23-27-59)24-28-60/h11-16,29-30,57-61H,5-10,17-28H2,1-4H3,(H,62,63,64)(H2,43,45,47,49,51)(H2,44,46,48,50,52)/b12-11+. The van der Waals surface area contributed by atoms with Crippen molar-refractivity contribution in [1.29, 1.82) is 0 Å². The van der Waals surface area contributed by atoms with Crippen LogP contribution in [0.3, 0.4) is 0 Å². The molecule has 4 rings (SSSR count). The summed E-state index contributed by atoms with van der Waals surface area (Å²) in [7, 11) is -4.80. The Hall–Kier alpha value is -5.10. The monoisotopic (exact) mass is 990 g/mol. The first kappa shape index (κ1) is 55.5. The molecule has 0 saturated heterocycles. The number of benzene rings is 2. The largest absolute Gasteiger partial charge is 0.395 e. The van der Waals surface area contributed by atoms with E-state index >= 15 is 0 Å². The van der Waals surface area contributed by atoms with Gasteiger partial charge in [0.15, 0.2) is 0 Å². The Kier molecular flexibility index (Phi) is 24.2. The Morgan fingerprint density at radius 1 is 0.603 bits per heavy atom. The average Bonchev–Trinajstić information content (AvgIpc) is 3.32. The lowest BCUT2D eigenvalue weighted by atomic mass is 10.1. The predicted octanol–water partition coefficient (Wildman–Crippen LogP) is 3.26. The van der Waals surface area contributed by atoms with Gasteiger partial charge in [-0.2, -0.15) is 38.3 Å². The van der Waals surface area contributed by atoms with Crippen LogP contribution in [0.4, 0.5) is 47.1 Å². The van der Waals surface area contributed by atoms with Crippen molar-refractivity contribution < 1.29 is 48.0 Å². The number of hydrogen-bond acceptors (Lipinski definition) is 24. The van der Waals surface area contributed by atoms with Crippen molar-refractivity contribution in [3.05, 3.63) is 47.5 Å². The smallest absolute Gasteiger partial charge is 0.295 e. The first-order chi connectivity index (χ1) is 32.9. The molecule has 0 unspecified atom stereocenters. The summed E-state index contributed by atoms with van der Waals surface area (Å²) in [4.78, 5) is 34.8. The van der Waals surface area contributed by atoms with Crippen LogP contribution in [0.1, 0.15) is 51.7 Å². The molecule has 10 N–H and O–H groups in total. The summed E-state index contributed by atoms with van der Waals surface area (Å²) in [5.41, 5.74) is 1.28. The lowest BCUT2D eigenvalue weighted by molar-refractivity contribution is -0.432. The Morgan fingerprint density at radius 2 is 1.03 bits per heavy atom. The highest BCUT2D eigenvalue weighted by Gasteiger charge is 2.19. The number of anilines is 8. The van der Waals surface area contributed by atoms with Gasteiger partial charge in [-0.15, -0.1) is 4.33 Å². The van der Waals surface area contributed by atoms with Crippen molar-refractivity contribution in [3.8, 4) is 0 Å². The topological polar surface area (TPSA) is 312 Å². The lowest BCUT2D eigenvalue weighted by Crippen LogP contribution is -2.32. The Morgan fingerprint density at radius 3 is 1.46 bits per heavy atom. The number of hydrogen-bond donors (Lipinski definition) is 10. The molecule has 2 heterocycles. The van der Waals surface area contributed by atoms with Crippen LogP contribution in [0.5, 0.6) is 0 Å². The fourth-order valence-electron chi connectivity index (χ4n) is 6.76. The zero-order valence-electron chi connectivity index (χ0n) is 39.0. The first-order valence-corrected chi connectivity index (χ1v) is 24.6. The van der Waals surface area contributed by atoms with Gasteiger partial charge in [-0.25, -0.2) is 5.26 Å². The summed E-state index contributed by atoms with van der Waals surface area (Å²) in [6.07, 6.45) is 4.67. The van der Waals surface area contributed by atoms with Gasteiger partial charge in [-0.1, -0.05) is 57.0 Å². The molecule has 0 aliphatic carbocycles. The van der Waals surface area contributed by atoms with E-state index in [2.05, 4.69) is 93.7 Å². The highest BCUT2D eigenvalue weighted by atomic mass is 32.2. The second-order valence-electron chi connectivity index (χ2n) is 14.8. The molecule has 0 atom stereocenters. The summed E-state index contributed by atoms with van der Waals surface area (Å²) in [5.74, 6) is 1.06. The van der Waals surface area contributed by atoms with Crippen molar-refractivity contribution >= 4 is 81.4 Å². The summed E-state index contributed by atoms with van der Waals surface area (Å²) >= 11 is 0.652. The maximum absolute atomic E-state index is 12.8. The first-order valence-electron chi connectivity index (χ1n) is 22.4. The van der Waals surface area contributed by atoms with E-state index in [4.69, 9.17) is 9.59 Å². The van der Waals surface area contributed by atoms with E-state index in [1.165, 1.54) is 18.2 Å². The maximum atomic E-state index is 12.8. The van der Waals surface area contributed by atoms with Crippen LogP contribution >= 0.6 is 12.0 Å². The zero-order valence-corrected chi connectivity index (χ0v) is 40.6. The maximum Gasteiger partial charge on any atom is 0.295 e. The van der Waals surface area contributed by atoms with Gasteiger partial charge in [0.2, 0.25) is 35.7 Å². The Balaban J connectivity index is 1.63. The molecule has 0 aliphatic heterocycles. The minimum Gasteiger partial charge on any atom is -0.395 e. The van der Waals surface area contributed by atoms with Gasteiger partial charge in [0.25, 0.3) is 10.1 Å². The van der Waals surface area contributed by atoms with Crippen molar-refractivity contribution in [2.75, 3.05) is 136 Å². The number of aliphatic hydroxyl groups is 4. The van der Waals surface area contributed by atoms with E-state index in [0.717, 1.165) is 52.1 Å². The minimum absolute atomic E-state index is 0.0348. The molecule has 26 heteroatoms. The van der Waals surface area contributed by atoms with Crippen molar-refractivity contribution in [2.45, 2.75) is 50.3 Å². The van der Waals surface area contributed by atoms with Gasteiger partial charge in [-0.3, -0.25) is 4.55 Å². The van der Waals surface area contributed by atoms with Gasteiger partial charge in [0.1, 0.15) is 4.90 Å². The van der Waals surface area contributed by atoms with E-state index in [0.29, 0.717) is 41.3 Å². The van der Waals surface area contributed by atoms with E-state index in [1.807, 2.05) is 0 Å². The molecule has 0 spiro atoms. The van der Waals surface area contributed by atoms with Crippen LogP contribution in [0.25, 0.3) is 12.2 Å². The molecule has 0 saturated carbocycles.